The van der Waals surface area contributed by atoms with Crippen LogP contribution in [0.1, 0.15) is 45.4 Å². The summed E-state index contributed by atoms with van der Waals surface area (Å²) in [6.45, 7) is 5.31. The van der Waals surface area contributed by atoms with E-state index in [0.29, 0.717) is 10.8 Å². The predicted octanol–water partition coefficient (Wildman–Crippen LogP) is 7.17. The van der Waals surface area contributed by atoms with Gasteiger partial charge >= 0.3 is 0 Å². The van der Waals surface area contributed by atoms with Crippen molar-refractivity contribution in [3.05, 3.63) is 76.2 Å². The normalized spacial score (nSPS) is 14.6. The lowest BCUT2D eigenvalue weighted by molar-refractivity contribution is 0.380. The number of hydrogen-bond acceptors (Lipinski definition) is 4. The molecule has 0 amide bonds. The van der Waals surface area contributed by atoms with Crippen LogP contribution < -0.4 is 5.56 Å². The molecule has 4 aromatic rings. The number of hydrogen-bond donors (Lipinski definition) is 0. The average Bonchev–Trinajstić information content (AvgIpc) is 3.33. The highest BCUT2D eigenvalue weighted by molar-refractivity contribution is 7.97. The third kappa shape index (κ3) is 5.50. The molecule has 1 saturated heterocycles. The molecule has 3 heterocycles. The molecule has 7 heteroatoms. The number of imidazole rings is 1. The summed E-state index contributed by atoms with van der Waals surface area (Å²) in [5.74, 6) is 0.681. The zero-order valence-electron chi connectivity index (χ0n) is 20.1. The maximum Gasteiger partial charge on any atom is 0.259 e. The van der Waals surface area contributed by atoms with Crippen LogP contribution in [0.2, 0.25) is 5.02 Å². The Kier molecular flexibility index (Phi) is 7.61. The lowest BCUT2D eigenvalue weighted by Gasteiger charge is -2.25. The van der Waals surface area contributed by atoms with Crippen LogP contribution in [0, 0.1) is 0 Å². The molecule has 1 aliphatic heterocycles. The quantitative estimate of drug-likeness (QED) is 0.188. The van der Waals surface area contributed by atoms with Crippen molar-refractivity contribution in [3.63, 3.8) is 0 Å². The van der Waals surface area contributed by atoms with Gasteiger partial charge in [0.2, 0.25) is 5.78 Å². The van der Waals surface area contributed by atoms with Gasteiger partial charge in [-0.25, -0.2) is 9.29 Å². The molecule has 0 bridgehead atoms. The van der Waals surface area contributed by atoms with Crippen LogP contribution in [0.4, 0.5) is 0 Å². The Labute approximate surface area is 215 Å². The van der Waals surface area contributed by atoms with Crippen molar-refractivity contribution in [2.75, 3.05) is 13.1 Å². The van der Waals surface area contributed by atoms with Gasteiger partial charge in [0.15, 0.2) is 0 Å². The van der Waals surface area contributed by atoms with Crippen molar-refractivity contribution in [2.45, 2.75) is 56.9 Å². The summed E-state index contributed by atoms with van der Waals surface area (Å²) < 4.78 is 6.32. The Hall–Kier alpha value is -2.54. The summed E-state index contributed by atoms with van der Waals surface area (Å²) in [4.78, 5) is 19.3. The largest absolute Gasteiger partial charge is 0.311 e. The lowest BCUT2D eigenvalue weighted by atomic mass is 10.1. The van der Waals surface area contributed by atoms with E-state index in [1.54, 1.807) is 10.5 Å². The molecule has 35 heavy (non-hydrogen) atoms. The molecule has 0 atom stereocenters. The van der Waals surface area contributed by atoms with Crippen LogP contribution in [0.15, 0.2) is 70.5 Å². The molecule has 0 unspecified atom stereocenters. The first-order chi connectivity index (χ1) is 17.1. The molecule has 5 rings (SSSR count). The van der Waals surface area contributed by atoms with E-state index in [1.165, 1.54) is 24.2 Å². The van der Waals surface area contributed by atoms with E-state index in [4.69, 9.17) is 16.6 Å². The van der Waals surface area contributed by atoms with Gasteiger partial charge in [-0.05, 0) is 61.0 Å². The predicted molar refractivity (Wildman–Crippen MR) is 146 cm³/mol. The molecule has 0 radical (unpaired) electrons. The van der Waals surface area contributed by atoms with Gasteiger partial charge in [-0.15, -0.1) is 0 Å². The van der Waals surface area contributed by atoms with Crippen LogP contribution in [0.3, 0.4) is 0 Å². The first-order valence-electron chi connectivity index (χ1n) is 12.5. The Morgan fingerprint density at radius 1 is 0.943 bits per heavy atom. The zero-order chi connectivity index (χ0) is 24.2. The molecule has 5 nitrogen and oxygen atoms in total. The molecular weight excluding hydrogens is 476 g/mol. The maximum atomic E-state index is 13.2. The summed E-state index contributed by atoms with van der Waals surface area (Å²) in [5, 5.41) is 0.681. The van der Waals surface area contributed by atoms with Crippen molar-refractivity contribution >= 4 is 29.3 Å². The highest BCUT2D eigenvalue weighted by atomic mass is 35.5. The summed E-state index contributed by atoms with van der Waals surface area (Å²) in [5.41, 5.74) is 3.61. The number of fused-ring (bicyclic) bond motifs is 1. The molecule has 182 valence electrons. The second-order valence-corrected chi connectivity index (χ2v) is 10.7. The van der Waals surface area contributed by atoms with Crippen LogP contribution in [-0.2, 0) is 6.54 Å². The fraction of sp³-hybridized carbons (Fsp3) is 0.357. The van der Waals surface area contributed by atoms with Gasteiger partial charge in [-0.1, -0.05) is 62.1 Å². The Bertz CT molecular complexity index is 1340. The van der Waals surface area contributed by atoms with Gasteiger partial charge < -0.3 is 4.57 Å². The van der Waals surface area contributed by atoms with Gasteiger partial charge in [-0.2, -0.15) is 0 Å². The zero-order valence-corrected chi connectivity index (χ0v) is 21.7. The molecule has 1 aliphatic rings. The SMILES string of the molecule is CCCCCn1c(-c2ccc(SN3CCCCC3)cc2)cc(=O)n2cc(-c3ccc(Cl)cc3)nc12. The number of piperidine rings is 1. The van der Waals surface area contributed by atoms with Crippen molar-refractivity contribution in [1.29, 1.82) is 0 Å². The van der Waals surface area contributed by atoms with Gasteiger partial charge in [0.05, 0.1) is 11.4 Å². The van der Waals surface area contributed by atoms with Gasteiger partial charge in [0.25, 0.3) is 5.56 Å². The van der Waals surface area contributed by atoms with E-state index in [0.717, 1.165) is 61.4 Å². The van der Waals surface area contributed by atoms with E-state index in [2.05, 4.69) is 40.1 Å². The highest BCUT2D eigenvalue weighted by Crippen LogP contribution is 2.29. The average molecular weight is 507 g/mol. The number of rotatable bonds is 8. The Morgan fingerprint density at radius 2 is 1.66 bits per heavy atom. The summed E-state index contributed by atoms with van der Waals surface area (Å²) in [6, 6.07) is 17.9. The first kappa shape index (κ1) is 24.2. The first-order valence-corrected chi connectivity index (χ1v) is 13.7. The third-order valence-corrected chi connectivity index (χ3v) is 7.90. The molecule has 2 aromatic heterocycles. The van der Waals surface area contributed by atoms with E-state index >= 15 is 0 Å². The molecule has 0 aliphatic carbocycles. The fourth-order valence-electron chi connectivity index (χ4n) is 4.63. The second-order valence-electron chi connectivity index (χ2n) is 9.13. The summed E-state index contributed by atoms with van der Waals surface area (Å²) >= 11 is 7.91. The molecule has 0 saturated carbocycles. The number of aryl methyl sites for hydroxylation is 1. The Balaban J connectivity index is 1.52. The second kappa shape index (κ2) is 11.0. The standard InChI is InChI=1S/C28H31ClN4OS/c1-2-3-5-18-32-26(22-10-14-24(15-11-22)35-31-16-6-4-7-17-31)19-27(34)33-20-25(30-28(32)33)21-8-12-23(29)13-9-21/h8-15,19-20H,2-7,16-18H2,1H3. The van der Waals surface area contributed by atoms with Crippen molar-refractivity contribution in [2.24, 2.45) is 0 Å². The monoisotopic (exact) mass is 506 g/mol. The minimum atomic E-state index is -0.0683. The minimum absolute atomic E-state index is 0.0683. The number of nitrogens with zero attached hydrogens (tertiary/aromatic N) is 4. The smallest absolute Gasteiger partial charge is 0.259 e. The van der Waals surface area contributed by atoms with Gasteiger partial charge in [-0.3, -0.25) is 9.20 Å². The van der Waals surface area contributed by atoms with Crippen LogP contribution >= 0.6 is 23.5 Å². The fourth-order valence-corrected chi connectivity index (χ4v) is 5.75. The minimum Gasteiger partial charge on any atom is -0.311 e. The maximum absolute atomic E-state index is 13.2. The highest BCUT2D eigenvalue weighted by Gasteiger charge is 2.16. The molecule has 2 aromatic carbocycles. The topological polar surface area (TPSA) is 42.5 Å². The van der Waals surface area contributed by atoms with Gasteiger partial charge in [0.1, 0.15) is 0 Å². The summed E-state index contributed by atoms with van der Waals surface area (Å²) in [6.07, 6.45) is 9.02. The van der Waals surface area contributed by atoms with Crippen molar-refractivity contribution in [1.82, 2.24) is 18.3 Å². The van der Waals surface area contributed by atoms with Crippen LogP contribution in [0.5, 0.6) is 0 Å². The number of unbranched alkanes of at least 4 members (excludes halogenated alkanes) is 2. The third-order valence-electron chi connectivity index (χ3n) is 6.54. The number of aromatic nitrogens is 3. The van der Waals surface area contributed by atoms with Crippen molar-refractivity contribution in [3.8, 4) is 22.5 Å². The number of halogens is 1. The Morgan fingerprint density at radius 3 is 2.37 bits per heavy atom. The van der Waals surface area contributed by atoms with Crippen LogP contribution in [0.25, 0.3) is 28.3 Å². The molecule has 0 spiro atoms. The van der Waals surface area contributed by atoms with E-state index in [-0.39, 0.29) is 5.56 Å². The molecule has 0 N–H and O–H groups in total. The van der Waals surface area contributed by atoms with Crippen molar-refractivity contribution < 1.29 is 0 Å². The molecule has 1 fully saturated rings. The van der Waals surface area contributed by atoms with E-state index in [1.807, 2.05) is 42.4 Å². The van der Waals surface area contributed by atoms with Gasteiger partial charge in [0, 0.05) is 47.4 Å². The summed E-state index contributed by atoms with van der Waals surface area (Å²) in [7, 11) is 0. The number of benzene rings is 2. The van der Waals surface area contributed by atoms with Crippen LogP contribution in [-0.4, -0.2) is 31.3 Å². The lowest BCUT2D eigenvalue weighted by Crippen LogP contribution is -2.22. The van der Waals surface area contributed by atoms with E-state index in [9.17, 15) is 4.79 Å². The van der Waals surface area contributed by atoms with E-state index < -0.39 is 0 Å². The molecular formula is C28H31ClN4OS.